The molecule has 10 heteroatoms. The third-order valence-electron chi connectivity index (χ3n) is 6.11. The van der Waals surface area contributed by atoms with Gasteiger partial charge in [0.1, 0.15) is 5.75 Å². The summed E-state index contributed by atoms with van der Waals surface area (Å²) in [4.78, 5) is 39.8. The van der Waals surface area contributed by atoms with Crippen LogP contribution < -0.4 is 4.74 Å². The molecule has 38 heavy (non-hydrogen) atoms. The van der Waals surface area contributed by atoms with E-state index in [-0.39, 0.29) is 39.7 Å². The molecule has 1 amide bonds. The Morgan fingerprint density at radius 2 is 1.92 bits per heavy atom. The molecular weight excluding hydrogens is 575 g/mol. The van der Waals surface area contributed by atoms with Crippen LogP contribution in [0.1, 0.15) is 37.1 Å². The number of hydrogen-bond donors (Lipinski definition) is 1. The number of likely N-dealkylation sites (tertiary alicyclic amines) is 1. The summed E-state index contributed by atoms with van der Waals surface area (Å²) in [6.07, 6.45) is 5.70. The van der Waals surface area contributed by atoms with Crippen molar-refractivity contribution in [3.63, 3.8) is 0 Å². The number of nitrogens with zero attached hydrogens (tertiary/aromatic N) is 4. The molecule has 4 heterocycles. The number of rotatable bonds is 5. The predicted molar refractivity (Wildman–Crippen MR) is 145 cm³/mol. The molecule has 1 aliphatic heterocycles. The van der Waals surface area contributed by atoms with E-state index in [1.807, 2.05) is 30.3 Å². The summed E-state index contributed by atoms with van der Waals surface area (Å²) in [5, 5.41) is 13.8. The average Bonchev–Trinajstić information content (AvgIpc) is 3.65. The minimum absolute atomic E-state index is 0. The fourth-order valence-corrected chi connectivity index (χ4v) is 4.93. The van der Waals surface area contributed by atoms with Crippen LogP contribution in [-0.2, 0) is 37.5 Å². The molecule has 193 valence electrons. The van der Waals surface area contributed by atoms with E-state index >= 15 is 0 Å². The maximum absolute atomic E-state index is 13.3. The Balaban J connectivity index is 0.00000130. The van der Waals surface area contributed by atoms with Crippen LogP contribution >= 0.6 is 11.3 Å². The third-order valence-corrected chi connectivity index (χ3v) is 6.82. The molecule has 1 saturated heterocycles. The second-order valence-electron chi connectivity index (χ2n) is 7.99. The molecule has 0 spiro atoms. The van der Waals surface area contributed by atoms with E-state index in [1.54, 1.807) is 18.0 Å². The number of ketones is 1. The van der Waals surface area contributed by atoms with Crippen molar-refractivity contribution in [1.29, 1.82) is 5.26 Å². The number of thiazole rings is 1. The largest absolute Gasteiger partial charge is 0.494 e. The standard InChI is InChI=1S/C26H20N5O3S.C2H5.Y.H2/c1-34-20-15-30-23(25-28-9-12-35-25)22-21(20)19(14-29-22)24(32)26(33)31-10-7-17(8-11-31)18(13-27)16-5-3-2-4-6-16;1-2;;/h2-6,9,14-15,29H,7-8,10-11H2,1H3;1H2,2H3;;1H/q2*-1;;. The number of methoxy groups -OCH3 is 1. The van der Waals surface area contributed by atoms with Crippen molar-refractivity contribution in [1.82, 2.24) is 19.9 Å². The molecule has 3 aromatic heterocycles. The number of allylic oxidation sites excluding steroid dienone is 1. The molecule has 0 atom stereocenters. The molecule has 0 saturated carbocycles. The number of ether oxygens (including phenoxy) is 1. The van der Waals surface area contributed by atoms with Crippen LogP contribution in [0, 0.1) is 23.6 Å². The van der Waals surface area contributed by atoms with Gasteiger partial charge in [0.15, 0.2) is 0 Å². The summed E-state index contributed by atoms with van der Waals surface area (Å²) in [5.41, 5.74) is 3.89. The molecule has 1 radical (unpaired) electrons. The van der Waals surface area contributed by atoms with Crippen LogP contribution in [0.25, 0.3) is 27.2 Å². The topological polar surface area (TPSA) is 112 Å². The van der Waals surface area contributed by atoms with E-state index in [1.165, 1.54) is 30.8 Å². The molecule has 8 nitrogen and oxygen atoms in total. The van der Waals surface area contributed by atoms with E-state index in [4.69, 9.17) is 4.74 Å². The number of nitrogens with one attached hydrogen (secondary N) is 1. The van der Waals surface area contributed by atoms with Crippen molar-refractivity contribution in [3.05, 3.63) is 77.9 Å². The van der Waals surface area contributed by atoms with Gasteiger partial charge in [-0.05, 0) is 29.0 Å². The number of benzene rings is 1. The van der Waals surface area contributed by atoms with Gasteiger partial charge in [-0.15, -0.1) is 0 Å². The Labute approximate surface area is 252 Å². The molecular formula is C28H27N5O3SY-2. The minimum Gasteiger partial charge on any atom is -0.494 e. The number of aromatic nitrogens is 3. The van der Waals surface area contributed by atoms with Crippen LogP contribution in [-0.4, -0.2) is 51.7 Å². The average molecular weight is 603 g/mol. The number of Topliss-reactive ketones (excluding diaryl/α,β-unsaturated/α-hetero) is 1. The third kappa shape index (κ3) is 5.78. The molecule has 0 unspecified atom stereocenters. The van der Waals surface area contributed by atoms with E-state index in [0.717, 1.165) is 11.1 Å². The summed E-state index contributed by atoms with van der Waals surface area (Å²) in [5.74, 6) is -0.799. The number of aromatic amines is 1. The van der Waals surface area contributed by atoms with Crippen LogP contribution in [0.3, 0.4) is 0 Å². The maximum atomic E-state index is 13.3. The quantitative estimate of drug-likeness (QED) is 0.143. The SMILES string of the molecule is COc1cnc(-c2nc[c-]s2)c2[nH]cc(C(=O)C(=O)N3CCC(=C(C#N)c4ccccc4)CC3)c12.[CH2-]C.[HH].[Y]. The molecule has 5 rings (SSSR count). The minimum atomic E-state index is -0.617. The number of hydrogen-bond acceptors (Lipinski definition) is 7. The van der Waals surface area contributed by atoms with Crippen LogP contribution in [0.2, 0.25) is 0 Å². The Bertz CT molecular complexity index is 1490. The predicted octanol–water partition coefficient (Wildman–Crippen LogP) is 5.36. The van der Waals surface area contributed by atoms with Gasteiger partial charge in [-0.2, -0.15) is 17.6 Å². The van der Waals surface area contributed by atoms with Crippen LogP contribution in [0.5, 0.6) is 5.75 Å². The Morgan fingerprint density at radius 1 is 1.21 bits per heavy atom. The second-order valence-corrected chi connectivity index (χ2v) is 8.82. The van der Waals surface area contributed by atoms with Gasteiger partial charge in [-0.25, -0.2) is 0 Å². The molecule has 1 N–H and O–H groups in total. The first kappa shape index (κ1) is 29.4. The van der Waals surface area contributed by atoms with Gasteiger partial charge < -0.3 is 37.9 Å². The van der Waals surface area contributed by atoms with E-state index in [0.29, 0.717) is 58.9 Å². The number of H-pyrrole nitrogens is 1. The van der Waals surface area contributed by atoms with Crippen LogP contribution in [0.4, 0.5) is 0 Å². The zero-order chi connectivity index (χ0) is 26.4. The van der Waals surface area contributed by atoms with Gasteiger partial charge in [0.05, 0.1) is 41.4 Å². The van der Waals surface area contributed by atoms with Gasteiger partial charge in [0.2, 0.25) is 0 Å². The Hall–Kier alpha value is -3.19. The number of nitriles is 1. The molecule has 0 aliphatic carbocycles. The molecule has 1 fully saturated rings. The van der Waals surface area contributed by atoms with Gasteiger partial charge in [-0.1, -0.05) is 36.5 Å². The zero-order valence-electron chi connectivity index (χ0n) is 21.2. The molecule has 0 bridgehead atoms. The summed E-state index contributed by atoms with van der Waals surface area (Å²) < 4.78 is 5.45. The first-order valence-electron chi connectivity index (χ1n) is 11.7. The summed E-state index contributed by atoms with van der Waals surface area (Å²) >= 11 is 1.31. The fraction of sp³-hybridized carbons (Fsp3) is 0.214. The summed E-state index contributed by atoms with van der Waals surface area (Å²) in [7, 11) is 1.49. The second kappa shape index (κ2) is 13.6. The normalized spacial score (nSPS) is 12.6. The van der Waals surface area contributed by atoms with Gasteiger partial charge >= 0.3 is 0 Å². The Kier molecular flexibility index (Phi) is 10.5. The number of fused-ring (bicyclic) bond motifs is 1. The fourth-order valence-electron chi connectivity index (χ4n) is 4.36. The van der Waals surface area contributed by atoms with E-state index < -0.39 is 11.7 Å². The van der Waals surface area contributed by atoms with Crippen molar-refractivity contribution in [3.8, 4) is 22.5 Å². The zero-order valence-corrected chi connectivity index (χ0v) is 24.8. The molecule has 1 aromatic carbocycles. The van der Waals surface area contributed by atoms with Crippen molar-refractivity contribution in [2.24, 2.45) is 0 Å². The smallest absolute Gasteiger partial charge is 0.295 e. The first-order valence-corrected chi connectivity index (χ1v) is 12.5. The van der Waals surface area contributed by atoms with Crippen LogP contribution in [0.15, 0.2) is 54.5 Å². The number of piperidine rings is 1. The number of pyridine rings is 1. The van der Waals surface area contributed by atoms with Crippen molar-refractivity contribution in [2.75, 3.05) is 20.2 Å². The summed E-state index contributed by atoms with van der Waals surface area (Å²) in [6.45, 7) is 5.75. The van der Waals surface area contributed by atoms with Crippen molar-refractivity contribution < 1.29 is 48.5 Å². The number of carbonyl (C=O) groups is 2. The monoisotopic (exact) mass is 602 g/mol. The number of carbonyl (C=O) groups excluding carboxylic acids is 2. The summed E-state index contributed by atoms with van der Waals surface area (Å²) in [6, 6.07) is 11.8. The van der Waals surface area contributed by atoms with Gasteiger partial charge in [0, 0.05) is 59.1 Å². The van der Waals surface area contributed by atoms with Crippen molar-refractivity contribution in [2.45, 2.75) is 19.8 Å². The number of amides is 1. The molecule has 1 aliphatic rings. The van der Waals surface area contributed by atoms with Crippen molar-refractivity contribution >= 4 is 39.5 Å². The maximum Gasteiger partial charge on any atom is 0.295 e. The van der Waals surface area contributed by atoms with Gasteiger partial charge in [0.25, 0.3) is 11.7 Å². The van der Waals surface area contributed by atoms with E-state index in [2.05, 4.69) is 33.3 Å². The first-order chi connectivity index (χ1) is 18.1. The Morgan fingerprint density at radius 3 is 2.53 bits per heavy atom. The van der Waals surface area contributed by atoms with Gasteiger partial charge in [-0.3, -0.25) is 14.6 Å². The molecule has 4 aromatic rings. The van der Waals surface area contributed by atoms with E-state index in [9.17, 15) is 14.9 Å².